The van der Waals surface area contributed by atoms with Gasteiger partial charge < -0.3 is 9.64 Å². The summed E-state index contributed by atoms with van der Waals surface area (Å²) in [4.78, 5) is 29.9. The van der Waals surface area contributed by atoms with Gasteiger partial charge in [-0.1, -0.05) is 37.0 Å². The Labute approximate surface area is 162 Å². The molecule has 0 spiro atoms. The first-order valence-electron chi connectivity index (χ1n) is 8.08. The summed E-state index contributed by atoms with van der Waals surface area (Å²) in [5, 5.41) is 0.137. The van der Waals surface area contributed by atoms with Gasteiger partial charge in [0.2, 0.25) is 0 Å². The topological polar surface area (TPSA) is 93.6 Å². The van der Waals surface area contributed by atoms with Gasteiger partial charge in [0.15, 0.2) is 22.1 Å². The van der Waals surface area contributed by atoms with Crippen LogP contribution < -0.4 is 0 Å². The van der Waals surface area contributed by atoms with Crippen LogP contribution in [-0.4, -0.2) is 60.9 Å². The van der Waals surface area contributed by atoms with E-state index in [1.807, 2.05) is 13.8 Å². The molecule has 2 heterocycles. The number of ether oxygens (including phenoxy) is 1. The normalized spacial score (nSPS) is 18.7. The van der Waals surface area contributed by atoms with Crippen LogP contribution in [0.1, 0.15) is 30.8 Å². The van der Waals surface area contributed by atoms with Gasteiger partial charge in [-0.25, -0.2) is 18.2 Å². The molecule has 0 saturated carbocycles. The first kappa shape index (κ1) is 20.9. The summed E-state index contributed by atoms with van der Waals surface area (Å²) < 4.78 is 28.4. The van der Waals surface area contributed by atoms with Gasteiger partial charge in [-0.05, 0) is 24.5 Å². The van der Waals surface area contributed by atoms with Crippen LogP contribution in [-0.2, 0) is 19.4 Å². The van der Waals surface area contributed by atoms with Crippen molar-refractivity contribution in [2.75, 3.05) is 24.7 Å². The predicted molar refractivity (Wildman–Crippen MR) is 98.1 cm³/mol. The third-order valence-electron chi connectivity index (χ3n) is 3.86. The van der Waals surface area contributed by atoms with Crippen LogP contribution >= 0.6 is 23.2 Å². The third kappa shape index (κ3) is 5.56. The van der Waals surface area contributed by atoms with Gasteiger partial charge in [0.1, 0.15) is 5.15 Å². The molecule has 10 heteroatoms. The molecule has 26 heavy (non-hydrogen) atoms. The molecular formula is C16H20Cl2N2O5S. The van der Waals surface area contributed by atoms with E-state index in [0.717, 1.165) is 0 Å². The number of rotatable bonds is 6. The zero-order valence-corrected chi connectivity index (χ0v) is 16.8. The third-order valence-corrected chi connectivity index (χ3v) is 6.13. The Bertz CT molecular complexity index is 798. The number of carbonyl (C=O) groups excluding carboxylic acids is 2. The van der Waals surface area contributed by atoms with Crippen molar-refractivity contribution in [2.24, 2.45) is 5.92 Å². The molecule has 1 atom stereocenters. The highest BCUT2D eigenvalue weighted by atomic mass is 35.5. The quantitative estimate of drug-likeness (QED) is 0.515. The predicted octanol–water partition coefficient (Wildman–Crippen LogP) is 2.22. The van der Waals surface area contributed by atoms with Gasteiger partial charge >= 0.3 is 5.97 Å². The van der Waals surface area contributed by atoms with Crippen LogP contribution in [0.5, 0.6) is 0 Å². The zero-order chi connectivity index (χ0) is 19.5. The number of nitrogens with zero attached hydrogens (tertiary/aromatic N) is 2. The molecule has 1 aliphatic rings. The van der Waals surface area contributed by atoms with Crippen LogP contribution in [0.4, 0.5) is 0 Å². The Kier molecular flexibility index (Phi) is 6.87. The van der Waals surface area contributed by atoms with E-state index in [0.29, 0.717) is 13.0 Å². The molecule has 1 aromatic heterocycles. The van der Waals surface area contributed by atoms with Crippen molar-refractivity contribution in [3.8, 4) is 0 Å². The molecule has 0 aromatic carbocycles. The molecule has 1 saturated heterocycles. The van der Waals surface area contributed by atoms with Crippen LogP contribution in [0, 0.1) is 5.92 Å². The van der Waals surface area contributed by atoms with Crippen molar-refractivity contribution in [3.63, 3.8) is 0 Å². The van der Waals surface area contributed by atoms with E-state index in [-0.39, 0.29) is 33.3 Å². The molecule has 1 aromatic rings. The maximum absolute atomic E-state index is 12.5. The molecule has 0 N–H and O–H groups in total. The van der Waals surface area contributed by atoms with E-state index in [4.69, 9.17) is 27.9 Å². The minimum atomic E-state index is -3.14. The van der Waals surface area contributed by atoms with Crippen LogP contribution in [0.2, 0.25) is 10.2 Å². The maximum Gasteiger partial charge on any atom is 0.359 e. The molecular weight excluding hydrogens is 403 g/mol. The van der Waals surface area contributed by atoms with Crippen molar-refractivity contribution >= 4 is 44.9 Å². The van der Waals surface area contributed by atoms with E-state index < -0.39 is 34.4 Å². The second kappa shape index (κ2) is 8.54. The molecule has 1 amide bonds. The average molecular weight is 423 g/mol. The fourth-order valence-corrected chi connectivity index (χ4v) is 4.77. The average Bonchev–Trinajstić information content (AvgIpc) is 2.91. The van der Waals surface area contributed by atoms with Gasteiger partial charge in [-0.3, -0.25) is 4.79 Å². The molecule has 0 bridgehead atoms. The SMILES string of the molecule is CC(C)CN(C(=O)COC(=O)c1nc(Cl)ccc1Cl)[C@@H]1CCS(=O)(=O)C1. The molecule has 1 fully saturated rings. The minimum Gasteiger partial charge on any atom is -0.451 e. The Morgan fingerprint density at radius 2 is 2.04 bits per heavy atom. The monoisotopic (exact) mass is 422 g/mol. The van der Waals surface area contributed by atoms with Crippen molar-refractivity contribution < 1.29 is 22.7 Å². The van der Waals surface area contributed by atoms with Crippen LogP contribution in [0.15, 0.2) is 12.1 Å². The largest absolute Gasteiger partial charge is 0.451 e. The Hall–Kier alpha value is -1.38. The van der Waals surface area contributed by atoms with Crippen LogP contribution in [0.3, 0.4) is 0 Å². The summed E-state index contributed by atoms with van der Waals surface area (Å²) in [6.45, 7) is 3.70. The minimum absolute atomic E-state index is 0.0569. The number of sulfone groups is 1. The number of halogens is 2. The summed E-state index contributed by atoms with van der Waals surface area (Å²) in [5.74, 6) is -1.19. The first-order valence-corrected chi connectivity index (χ1v) is 10.7. The second-order valence-electron chi connectivity index (χ2n) is 6.54. The van der Waals surface area contributed by atoms with Gasteiger partial charge in [-0.2, -0.15) is 0 Å². The highest BCUT2D eigenvalue weighted by Gasteiger charge is 2.35. The second-order valence-corrected chi connectivity index (χ2v) is 9.56. The van der Waals surface area contributed by atoms with Crippen LogP contribution in [0.25, 0.3) is 0 Å². The zero-order valence-electron chi connectivity index (χ0n) is 14.4. The van der Waals surface area contributed by atoms with E-state index >= 15 is 0 Å². The molecule has 2 rings (SSSR count). The number of aromatic nitrogens is 1. The smallest absolute Gasteiger partial charge is 0.359 e. The van der Waals surface area contributed by atoms with Gasteiger partial charge in [0.05, 0.1) is 16.5 Å². The fourth-order valence-electron chi connectivity index (χ4n) is 2.71. The number of amides is 1. The van der Waals surface area contributed by atoms with Gasteiger partial charge in [0, 0.05) is 12.6 Å². The van der Waals surface area contributed by atoms with Gasteiger partial charge in [0.25, 0.3) is 5.91 Å². The summed E-state index contributed by atoms with van der Waals surface area (Å²) in [7, 11) is -3.14. The van der Waals surface area contributed by atoms with Crippen molar-refractivity contribution in [3.05, 3.63) is 28.0 Å². The fraction of sp³-hybridized carbons (Fsp3) is 0.562. The highest BCUT2D eigenvalue weighted by molar-refractivity contribution is 7.91. The molecule has 144 valence electrons. The van der Waals surface area contributed by atoms with Crippen molar-refractivity contribution in [2.45, 2.75) is 26.3 Å². The maximum atomic E-state index is 12.5. The molecule has 0 unspecified atom stereocenters. The summed E-state index contributed by atoms with van der Waals surface area (Å²) >= 11 is 11.6. The van der Waals surface area contributed by atoms with E-state index in [2.05, 4.69) is 4.98 Å². The van der Waals surface area contributed by atoms with Crippen molar-refractivity contribution in [1.82, 2.24) is 9.88 Å². The standard InChI is InChI=1S/C16H20Cl2N2O5S/c1-10(2)7-20(11-5-6-26(23,24)9-11)14(21)8-25-16(22)15-12(17)3-4-13(18)19-15/h3-4,10-11H,5-9H2,1-2H3/t11-/m1/s1. The molecule has 1 aliphatic heterocycles. The van der Waals surface area contributed by atoms with E-state index in [1.165, 1.54) is 17.0 Å². The lowest BCUT2D eigenvalue weighted by Gasteiger charge is -2.29. The Morgan fingerprint density at radius 1 is 1.35 bits per heavy atom. The Morgan fingerprint density at radius 3 is 2.62 bits per heavy atom. The number of pyridine rings is 1. The highest BCUT2D eigenvalue weighted by Crippen LogP contribution is 2.20. The number of hydrogen-bond acceptors (Lipinski definition) is 6. The van der Waals surface area contributed by atoms with Gasteiger partial charge in [-0.15, -0.1) is 0 Å². The lowest BCUT2D eigenvalue weighted by Crippen LogP contribution is -2.45. The van der Waals surface area contributed by atoms with Crippen molar-refractivity contribution in [1.29, 1.82) is 0 Å². The summed E-state index contributed by atoms with van der Waals surface area (Å²) in [5.41, 5.74) is -0.175. The number of esters is 1. The number of hydrogen-bond donors (Lipinski definition) is 0. The number of carbonyl (C=O) groups is 2. The molecule has 0 aliphatic carbocycles. The summed E-state index contributed by atoms with van der Waals surface area (Å²) in [6, 6.07) is 2.43. The molecule has 0 radical (unpaired) electrons. The summed E-state index contributed by atoms with van der Waals surface area (Å²) in [6.07, 6.45) is 0.385. The molecule has 7 nitrogen and oxygen atoms in total. The lowest BCUT2D eigenvalue weighted by atomic mass is 10.1. The van der Waals surface area contributed by atoms with E-state index in [1.54, 1.807) is 0 Å². The Balaban J connectivity index is 2.05. The first-order chi connectivity index (χ1) is 12.1. The lowest BCUT2D eigenvalue weighted by molar-refractivity contribution is -0.137. The van der Waals surface area contributed by atoms with E-state index in [9.17, 15) is 18.0 Å².